The van der Waals surface area contributed by atoms with E-state index in [-0.39, 0.29) is 6.42 Å². The van der Waals surface area contributed by atoms with Gasteiger partial charge in [-0.25, -0.2) is 0 Å². The van der Waals surface area contributed by atoms with Gasteiger partial charge in [-0.1, -0.05) is 12.1 Å². The van der Waals surface area contributed by atoms with Crippen LogP contribution in [-0.2, 0) is 17.8 Å². The van der Waals surface area contributed by atoms with Gasteiger partial charge < -0.3 is 9.84 Å². The van der Waals surface area contributed by atoms with Crippen LogP contribution < -0.4 is 4.74 Å². The maximum atomic E-state index is 10.5. The molecular formula is C12H11NO3S. The molecular weight excluding hydrogens is 238 g/mol. The minimum absolute atomic E-state index is 0.0368. The molecule has 0 amide bonds. The molecule has 1 aromatic carbocycles. The molecule has 2 aromatic rings. The van der Waals surface area contributed by atoms with Crippen molar-refractivity contribution in [3.63, 3.8) is 0 Å². The monoisotopic (exact) mass is 249 g/mol. The van der Waals surface area contributed by atoms with Crippen molar-refractivity contribution in [1.82, 2.24) is 4.98 Å². The molecule has 0 saturated carbocycles. The van der Waals surface area contributed by atoms with Gasteiger partial charge in [-0.15, -0.1) is 11.3 Å². The van der Waals surface area contributed by atoms with Crippen LogP contribution in [0.4, 0.5) is 0 Å². The Kier molecular flexibility index (Phi) is 3.72. The first kappa shape index (κ1) is 11.6. The molecule has 2 rings (SSSR count). The molecule has 17 heavy (non-hydrogen) atoms. The Balaban J connectivity index is 1.91. The molecule has 0 aliphatic rings. The third-order valence-electron chi connectivity index (χ3n) is 2.14. The molecule has 0 bridgehead atoms. The third-order valence-corrected chi connectivity index (χ3v) is 2.90. The Morgan fingerprint density at radius 3 is 2.71 bits per heavy atom. The van der Waals surface area contributed by atoms with E-state index in [4.69, 9.17) is 9.84 Å². The van der Waals surface area contributed by atoms with Crippen LogP contribution >= 0.6 is 11.3 Å². The fourth-order valence-electron chi connectivity index (χ4n) is 1.35. The van der Waals surface area contributed by atoms with E-state index < -0.39 is 5.97 Å². The maximum Gasteiger partial charge on any atom is 0.307 e. The number of benzene rings is 1. The summed E-state index contributed by atoms with van der Waals surface area (Å²) in [4.78, 5) is 15.5. The van der Waals surface area contributed by atoms with Crippen molar-refractivity contribution in [3.8, 4) is 5.75 Å². The number of hydrogen-bond donors (Lipinski definition) is 1. The Labute approximate surface area is 103 Å². The molecule has 0 fully saturated rings. The van der Waals surface area contributed by atoms with Gasteiger partial charge in [0.2, 0.25) is 0 Å². The molecule has 4 nitrogen and oxygen atoms in total. The van der Waals surface area contributed by atoms with Crippen LogP contribution in [0.5, 0.6) is 5.75 Å². The Hall–Kier alpha value is -1.88. The van der Waals surface area contributed by atoms with Crippen LogP contribution in [0.2, 0.25) is 0 Å². The van der Waals surface area contributed by atoms with Crippen molar-refractivity contribution in [3.05, 3.63) is 46.4 Å². The third kappa shape index (κ3) is 3.57. The fraction of sp³-hybridized carbons (Fsp3) is 0.167. The number of aromatic nitrogens is 1. The van der Waals surface area contributed by atoms with Crippen molar-refractivity contribution in [2.45, 2.75) is 13.0 Å². The molecule has 0 radical (unpaired) electrons. The van der Waals surface area contributed by atoms with Crippen LogP contribution in [-0.4, -0.2) is 16.1 Å². The number of hydrogen-bond acceptors (Lipinski definition) is 4. The van der Waals surface area contributed by atoms with E-state index in [0.29, 0.717) is 6.61 Å². The number of nitrogens with zero attached hydrogens (tertiary/aromatic N) is 1. The molecule has 1 aromatic heterocycles. The van der Waals surface area contributed by atoms with Gasteiger partial charge in [0.1, 0.15) is 12.4 Å². The Bertz CT molecular complexity index is 479. The predicted molar refractivity (Wildman–Crippen MR) is 64.2 cm³/mol. The molecule has 0 unspecified atom stereocenters. The number of carboxylic acid groups (broad SMARTS) is 1. The number of thiazole rings is 1. The van der Waals surface area contributed by atoms with E-state index >= 15 is 0 Å². The first-order valence-corrected chi connectivity index (χ1v) is 5.93. The number of ether oxygens (including phenoxy) is 1. The average Bonchev–Trinajstić information content (AvgIpc) is 2.80. The molecule has 1 heterocycles. The minimum atomic E-state index is -0.830. The molecule has 0 aliphatic carbocycles. The first-order chi connectivity index (χ1) is 8.24. The predicted octanol–water partition coefficient (Wildman–Crippen LogP) is 2.35. The zero-order valence-corrected chi connectivity index (χ0v) is 9.81. The van der Waals surface area contributed by atoms with Crippen molar-refractivity contribution in [2.75, 3.05) is 0 Å². The van der Waals surface area contributed by atoms with Gasteiger partial charge in [0.05, 0.1) is 16.8 Å². The van der Waals surface area contributed by atoms with Gasteiger partial charge >= 0.3 is 5.97 Å². The summed E-state index contributed by atoms with van der Waals surface area (Å²) in [6.45, 7) is 0.489. The van der Waals surface area contributed by atoms with Gasteiger partial charge in [-0.05, 0) is 17.7 Å². The normalized spacial score (nSPS) is 10.1. The summed E-state index contributed by atoms with van der Waals surface area (Å²) in [5.74, 6) is -0.101. The second-order valence-corrected chi connectivity index (χ2v) is 4.44. The SMILES string of the molecule is O=C(O)Cc1ccc(OCc2cncs2)cc1. The van der Waals surface area contributed by atoms with Gasteiger partial charge in [0.15, 0.2) is 0 Å². The van der Waals surface area contributed by atoms with Crippen molar-refractivity contribution in [1.29, 1.82) is 0 Å². The second kappa shape index (κ2) is 5.45. The number of carboxylic acids is 1. The molecule has 0 spiro atoms. The first-order valence-electron chi connectivity index (χ1n) is 5.05. The molecule has 88 valence electrons. The van der Waals surface area contributed by atoms with Gasteiger partial charge in [-0.3, -0.25) is 9.78 Å². The standard InChI is InChI=1S/C12H11NO3S/c14-12(15)5-9-1-3-10(4-2-9)16-7-11-6-13-8-17-11/h1-4,6,8H,5,7H2,(H,14,15). The number of carbonyl (C=O) groups is 1. The van der Waals surface area contributed by atoms with E-state index in [1.807, 2.05) is 0 Å². The van der Waals surface area contributed by atoms with Crippen molar-refractivity contribution in [2.24, 2.45) is 0 Å². The highest BCUT2D eigenvalue weighted by atomic mass is 32.1. The fourth-order valence-corrected chi connectivity index (χ4v) is 1.85. The number of rotatable bonds is 5. The lowest BCUT2D eigenvalue weighted by atomic mass is 10.1. The van der Waals surface area contributed by atoms with E-state index in [2.05, 4.69) is 4.98 Å². The van der Waals surface area contributed by atoms with Crippen LogP contribution in [0.15, 0.2) is 36.0 Å². The van der Waals surface area contributed by atoms with E-state index in [1.54, 1.807) is 36.0 Å². The summed E-state index contributed by atoms with van der Waals surface area (Å²) < 4.78 is 5.53. The van der Waals surface area contributed by atoms with Gasteiger partial charge in [0.25, 0.3) is 0 Å². The maximum absolute atomic E-state index is 10.5. The summed E-state index contributed by atoms with van der Waals surface area (Å²) in [5, 5.41) is 8.63. The topological polar surface area (TPSA) is 59.4 Å². The van der Waals surface area contributed by atoms with Gasteiger partial charge in [0, 0.05) is 6.20 Å². The van der Waals surface area contributed by atoms with Crippen LogP contribution in [0.1, 0.15) is 10.4 Å². The van der Waals surface area contributed by atoms with Crippen LogP contribution in [0.25, 0.3) is 0 Å². The summed E-state index contributed by atoms with van der Waals surface area (Å²) in [6, 6.07) is 7.07. The van der Waals surface area contributed by atoms with E-state index in [9.17, 15) is 4.79 Å². The van der Waals surface area contributed by atoms with Crippen molar-refractivity contribution < 1.29 is 14.6 Å². The zero-order chi connectivity index (χ0) is 12.1. The summed E-state index contributed by atoms with van der Waals surface area (Å²) in [5.41, 5.74) is 2.52. The van der Waals surface area contributed by atoms with E-state index in [1.165, 1.54) is 11.3 Å². The summed E-state index contributed by atoms with van der Waals surface area (Å²) in [6.07, 6.45) is 1.80. The number of aliphatic carboxylic acids is 1. The molecule has 0 saturated heterocycles. The highest BCUT2D eigenvalue weighted by Crippen LogP contribution is 2.15. The average molecular weight is 249 g/mol. The largest absolute Gasteiger partial charge is 0.488 e. The lowest BCUT2D eigenvalue weighted by Crippen LogP contribution is -2.00. The van der Waals surface area contributed by atoms with Gasteiger partial charge in [-0.2, -0.15) is 0 Å². The summed E-state index contributed by atoms with van der Waals surface area (Å²) >= 11 is 1.54. The van der Waals surface area contributed by atoms with E-state index in [0.717, 1.165) is 16.2 Å². The van der Waals surface area contributed by atoms with Crippen molar-refractivity contribution >= 4 is 17.3 Å². The second-order valence-electron chi connectivity index (χ2n) is 3.47. The lowest BCUT2D eigenvalue weighted by molar-refractivity contribution is -0.136. The van der Waals surface area contributed by atoms with Crippen LogP contribution in [0, 0.1) is 0 Å². The minimum Gasteiger partial charge on any atom is -0.488 e. The lowest BCUT2D eigenvalue weighted by Gasteiger charge is -2.04. The highest BCUT2D eigenvalue weighted by molar-refractivity contribution is 7.09. The Morgan fingerprint density at radius 2 is 2.12 bits per heavy atom. The zero-order valence-electron chi connectivity index (χ0n) is 9.00. The molecule has 1 N–H and O–H groups in total. The van der Waals surface area contributed by atoms with Crippen LogP contribution in [0.3, 0.4) is 0 Å². The molecule has 5 heteroatoms. The molecule has 0 atom stereocenters. The quantitative estimate of drug-likeness (QED) is 0.883. The Morgan fingerprint density at radius 1 is 1.35 bits per heavy atom. The highest BCUT2D eigenvalue weighted by Gasteiger charge is 2.01. The smallest absolute Gasteiger partial charge is 0.307 e. The molecule has 0 aliphatic heterocycles. The summed E-state index contributed by atoms with van der Waals surface area (Å²) in [7, 11) is 0.